The van der Waals surface area contributed by atoms with Crippen LogP contribution in [0.5, 0.6) is 0 Å². The summed E-state index contributed by atoms with van der Waals surface area (Å²) >= 11 is 1.94. The van der Waals surface area contributed by atoms with Gasteiger partial charge in [-0.15, -0.1) is 0 Å². The van der Waals surface area contributed by atoms with Gasteiger partial charge in [0.2, 0.25) is 0 Å². The van der Waals surface area contributed by atoms with Gasteiger partial charge in [-0.1, -0.05) is 24.3 Å². The monoisotopic (exact) mass is 279 g/mol. The highest BCUT2D eigenvalue weighted by atomic mass is 32.2. The molecule has 0 aliphatic carbocycles. The second-order valence-electron chi connectivity index (χ2n) is 5.48. The molecule has 106 valence electrons. The third-order valence-electron chi connectivity index (χ3n) is 3.89. The molecule has 1 heterocycles. The SMILES string of the molecule is CSCCCN1CC[C@H](Cc2cccc(CO)c2)C1. The lowest BCUT2D eigenvalue weighted by Crippen LogP contribution is -2.22. The minimum Gasteiger partial charge on any atom is -0.392 e. The zero-order chi connectivity index (χ0) is 13.5. The molecule has 0 bridgehead atoms. The quantitative estimate of drug-likeness (QED) is 0.776. The smallest absolute Gasteiger partial charge is 0.0681 e. The van der Waals surface area contributed by atoms with E-state index in [2.05, 4.69) is 29.4 Å². The van der Waals surface area contributed by atoms with Gasteiger partial charge in [-0.25, -0.2) is 0 Å². The van der Waals surface area contributed by atoms with Crippen molar-refractivity contribution in [2.45, 2.75) is 25.9 Å². The largest absolute Gasteiger partial charge is 0.392 e. The number of rotatable bonds is 7. The summed E-state index contributed by atoms with van der Waals surface area (Å²) < 4.78 is 0. The zero-order valence-electron chi connectivity index (χ0n) is 11.8. The van der Waals surface area contributed by atoms with Gasteiger partial charge >= 0.3 is 0 Å². The molecule has 2 rings (SSSR count). The van der Waals surface area contributed by atoms with Crippen molar-refractivity contribution >= 4 is 11.8 Å². The van der Waals surface area contributed by atoms with Crippen LogP contribution in [-0.2, 0) is 13.0 Å². The first-order chi connectivity index (χ1) is 9.31. The minimum absolute atomic E-state index is 0.152. The first kappa shape index (κ1) is 14.9. The summed E-state index contributed by atoms with van der Waals surface area (Å²) in [4.78, 5) is 2.61. The Balaban J connectivity index is 1.77. The number of aliphatic hydroxyl groups excluding tert-OH is 1. The average Bonchev–Trinajstić information content (AvgIpc) is 2.87. The van der Waals surface area contributed by atoms with Crippen molar-refractivity contribution in [2.75, 3.05) is 31.6 Å². The molecule has 1 aromatic carbocycles. The van der Waals surface area contributed by atoms with Gasteiger partial charge < -0.3 is 10.0 Å². The molecule has 0 unspecified atom stereocenters. The molecule has 0 aromatic heterocycles. The van der Waals surface area contributed by atoms with Crippen LogP contribution in [0.15, 0.2) is 24.3 Å². The van der Waals surface area contributed by atoms with Gasteiger partial charge in [0.1, 0.15) is 0 Å². The van der Waals surface area contributed by atoms with Gasteiger partial charge in [-0.2, -0.15) is 11.8 Å². The second kappa shape index (κ2) is 7.93. The number of benzene rings is 1. The van der Waals surface area contributed by atoms with Gasteiger partial charge in [0, 0.05) is 6.54 Å². The summed E-state index contributed by atoms with van der Waals surface area (Å²) in [6, 6.07) is 8.39. The third-order valence-corrected chi connectivity index (χ3v) is 4.59. The van der Waals surface area contributed by atoms with Gasteiger partial charge in [0.15, 0.2) is 0 Å². The fourth-order valence-electron chi connectivity index (χ4n) is 2.90. The van der Waals surface area contributed by atoms with Crippen LogP contribution in [0, 0.1) is 5.92 Å². The van der Waals surface area contributed by atoms with Crippen LogP contribution in [0.3, 0.4) is 0 Å². The Morgan fingerprint density at radius 2 is 2.21 bits per heavy atom. The molecular weight excluding hydrogens is 254 g/mol. The van der Waals surface area contributed by atoms with Crippen molar-refractivity contribution in [2.24, 2.45) is 5.92 Å². The predicted octanol–water partition coefficient (Wildman–Crippen LogP) is 2.80. The van der Waals surface area contributed by atoms with E-state index in [1.807, 2.05) is 17.8 Å². The maximum atomic E-state index is 9.18. The molecule has 19 heavy (non-hydrogen) atoms. The summed E-state index contributed by atoms with van der Waals surface area (Å²) in [5.74, 6) is 2.07. The molecule has 3 heteroatoms. The molecule has 1 saturated heterocycles. The molecule has 2 nitrogen and oxygen atoms in total. The fraction of sp³-hybridized carbons (Fsp3) is 0.625. The van der Waals surface area contributed by atoms with Crippen LogP contribution < -0.4 is 0 Å². The normalized spacial score (nSPS) is 20.0. The zero-order valence-corrected chi connectivity index (χ0v) is 12.7. The van der Waals surface area contributed by atoms with Crippen molar-refractivity contribution in [3.05, 3.63) is 35.4 Å². The molecular formula is C16H25NOS. The number of thioether (sulfide) groups is 1. The van der Waals surface area contributed by atoms with Crippen molar-refractivity contribution in [1.29, 1.82) is 0 Å². The first-order valence-electron chi connectivity index (χ1n) is 7.22. The Labute approximate surface area is 121 Å². The Kier molecular flexibility index (Phi) is 6.21. The third kappa shape index (κ3) is 4.83. The summed E-state index contributed by atoms with van der Waals surface area (Å²) in [6.45, 7) is 3.92. The Bertz CT molecular complexity index is 383. The lowest BCUT2D eigenvalue weighted by atomic mass is 9.97. The number of aliphatic hydroxyl groups is 1. The average molecular weight is 279 g/mol. The lowest BCUT2D eigenvalue weighted by Gasteiger charge is -2.15. The van der Waals surface area contributed by atoms with Crippen molar-refractivity contribution in [3.63, 3.8) is 0 Å². The van der Waals surface area contributed by atoms with Crippen LogP contribution in [0.2, 0.25) is 0 Å². The van der Waals surface area contributed by atoms with E-state index in [0.29, 0.717) is 0 Å². The van der Waals surface area contributed by atoms with E-state index in [1.54, 1.807) is 0 Å². The summed E-state index contributed by atoms with van der Waals surface area (Å²) in [6.07, 6.45) is 5.98. The summed E-state index contributed by atoms with van der Waals surface area (Å²) in [5, 5.41) is 9.18. The standard InChI is InChI=1S/C16H25NOS/c1-19-9-3-7-17-8-6-15(12-17)10-14-4-2-5-16(11-14)13-18/h2,4-5,11,15,18H,3,6-10,12-13H2,1H3/t15-/m1/s1. The molecule has 0 saturated carbocycles. The van der Waals surface area contributed by atoms with Crippen LogP contribution in [0.1, 0.15) is 24.0 Å². The number of nitrogens with zero attached hydrogens (tertiary/aromatic N) is 1. The molecule has 1 fully saturated rings. The maximum Gasteiger partial charge on any atom is 0.0681 e. The maximum absolute atomic E-state index is 9.18. The number of hydrogen-bond donors (Lipinski definition) is 1. The Hall–Kier alpha value is -0.510. The highest BCUT2D eigenvalue weighted by Crippen LogP contribution is 2.21. The molecule has 1 aliphatic rings. The van der Waals surface area contributed by atoms with Crippen LogP contribution in [-0.4, -0.2) is 41.6 Å². The second-order valence-corrected chi connectivity index (χ2v) is 6.47. The molecule has 1 N–H and O–H groups in total. The highest BCUT2D eigenvalue weighted by Gasteiger charge is 2.21. The van der Waals surface area contributed by atoms with E-state index in [-0.39, 0.29) is 6.61 Å². The first-order valence-corrected chi connectivity index (χ1v) is 8.61. The summed E-state index contributed by atoms with van der Waals surface area (Å²) in [7, 11) is 0. The molecule has 0 spiro atoms. The minimum atomic E-state index is 0.152. The van der Waals surface area contributed by atoms with E-state index < -0.39 is 0 Å². The van der Waals surface area contributed by atoms with Gasteiger partial charge in [0.25, 0.3) is 0 Å². The number of hydrogen-bond acceptors (Lipinski definition) is 3. The molecule has 1 aromatic rings. The van der Waals surface area contributed by atoms with Crippen molar-refractivity contribution < 1.29 is 5.11 Å². The van der Waals surface area contributed by atoms with Gasteiger partial charge in [-0.3, -0.25) is 0 Å². The van der Waals surface area contributed by atoms with E-state index >= 15 is 0 Å². The van der Waals surface area contributed by atoms with E-state index in [0.717, 1.165) is 17.9 Å². The molecule has 1 aliphatic heterocycles. The number of likely N-dealkylation sites (tertiary alicyclic amines) is 1. The Morgan fingerprint density at radius 1 is 1.37 bits per heavy atom. The Morgan fingerprint density at radius 3 is 3.00 bits per heavy atom. The van der Waals surface area contributed by atoms with Crippen molar-refractivity contribution in [1.82, 2.24) is 4.90 Å². The van der Waals surface area contributed by atoms with Crippen LogP contribution >= 0.6 is 11.8 Å². The lowest BCUT2D eigenvalue weighted by molar-refractivity contribution is 0.281. The van der Waals surface area contributed by atoms with Crippen molar-refractivity contribution in [3.8, 4) is 0 Å². The van der Waals surface area contributed by atoms with E-state index in [1.165, 1.54) is 43.8 Å². The molecule has 0 radical (unpaired) electrons. The fourth-order valence-corrected chi connectivity index (χ4v) is 3.32. The molecule has 1 atom stereocenters. The van der Waals surface area contributed by atoms with E-state index in [9.17, 15) is 5.11 Å². The highest BCUT2D eigenvalue weighted by molar-refractivity contribution is 7.98. The van der Waals surface area contributed by atoms with E-state index in [4.69, 9.17) is 0 Å². The topological polar surface area (TPSA) is 23.5 Å². The van der Waals surface area contributed by atoms with Crippen LogP contribution in [0.25, 0.3) is 0 Å². The molecule has 0 amide bonds. The predicted molar refractivity (Wildman–Crippen MR) is 83.6 cm³/mol. The van der Waals surface area contributed by atoms with Gasteiger partial charge in [0.05, 0.1) is 6.61 Å². The van der Waals surface area contributed by atoms with Crippen LogP contribution in [0.4, 0.5) is 0 Å². The summed E-state index contributed by atoms with van der Waals surface area (Å²) in [5.41, 5.74) is 2.41. The van der Waals surface area contributed by atoms with Gasteiger partial charge in [-0.05, 0) is 61.4 Å².